The lowest BCUT2D eigenvalue weighted by Gasteiger charge is -2.32. The molecule has 1 aromatic heterocycles. The zero-order chi connectivity index (χ0) is 37.4. The Morgan fingerprint density at radius 2 is 1.52 bits per heavy atom. The highest BCUT2D eigenvalue weighted by atomic mass is 16.5. The van der Waals surface area contributed by atoms with Crippen LogP contribution in [0.25, 0.3) is 22.5 Å². The van der Waals surface area contributed by atoms with Crippen LogP contribution in [0.15, 0.2) is 95.5 Å². The fraction of sp³-hybridized carbons (Fsp3) is 0.341. The van der Waals surface area contributed by atoms with E-state index in [0.717, 1.165) is 46.5 Å². The van der Waals surface area contributed by atoms with Crippen LogP contribution in [0.4, 0.5) is 0 Å². The van der Waals surface area contributed by atoms with Crippen molar-refractivity contribution in [1.82, 2.24) is 20.3 Å². The molecule has 10 heteroatoms. The first-order valence-electron chi connectivity index (χ1n) is 18.9. The van der Waals surface area contributed by atoms with E-state index < -0.39 is 0 Å². The summed E-state index contributed by atoms with van der Waals surface area (Å²) in [6, 6.07) is 30.2. The van der Waals surface area contributed by atoms with Gasteiger partial charge in [0.05, 0.1) is 30.9 Å². The number of hydrogen-bond acceptors (Lipinski definition) is 8. The van der Waals surface area contributed by atoms with Gasteiger partial charge in [0.25, 0.3) is 5.91 Å². The standard InChI is InChI=1S/C44H48N4O6/c1-4-45-44(50)42-41(34-15-16-35-26-48(18-17-33(35)23-34)40(49)27-47-19-21-51-22-20-47)43(54-46-42)37-24-36(30(2)3)38(52-28-31-11-7-5-8-12-31)25-39(37)53-29-32-13-9-6-10-14-32/h5-16,23-25,30H,4,17-22,26-29H2,1-3H3,(H,45,50). The summed E-state index contributed by atoms with van der Waals surface area (Å²) in [7, 11) is 0. The van der Waals surface area contributed by atoms with Gasteiger partial charge in [-0.1, -0.05) is 97.9 Å². The molecule has 10 nitrogen and oxygen atoms in total. The van der Waals surface area contributed by atoms with Crippen LogP contribution >= 0.6 is 0 Å². The first-order valence-corrected chi connectivity index (χ1v) is 18.9. The summed E-state index contributed by atoms with van der Waals surface area (Å²) in [5.74, 6) is 1.62. The number of aromatic nitrogens is 1. The molecule has 280 valence electrons. The molecule has 3 heterocycles. The summed E-state index contributed by atoms with van der Waals surface area (Å²) >= 11 is 0. The Labute approximate surface area is 317 Å². The highest BCUT2D eigenvalue weighted by molar-refractivity contribution is 6.02. The van der Waals surface area contributed by atoms with Crippen LogP contribution in [0.1, 0.15) is 65.0 Å². The summed E-state index contributed by atoms with van der Waals surface area (Å²) in [6.07, 6.45) is 0.700. The van der Waals surface area contributed by atoms with Gasteiger partial charge in [0.2, 0.25) is 5.91 Å². The van der Waals surface area contributed by atoms with E-state index in [-0.39, 0.29) is 23.4 Å². The highest BCUT2D eigenvalue weighted by Gasteiger charge is 2.30. The fourth-order valence-corrected chi connectivity index (χ4v) is 7.03. The molecular weight excluding hydrogens is 681 g/mol. The predicted octanol–water partition coefficient (Wildman–Crippen LogP) is 7.26. The molecule has 0 aliphatic carbocycles. The van der Waals surface area contributed by atoms with Crippen LogP contribution < -0.4 is 14.8 Å². The third-order valence-electron chi connectivity index (χ3n) is 10.0. The average molecular weight is 729 g/mol. The van der Waals surface area contributed by atoms with Gasteiger partial charge in [-0.15, -0.1) is 0 Å². The van der Waals surface area contributed by atoms with E-state index >= 15 is 0 Å². The third kappa shape index (κ3) is 8.51. The lowest BCUT2D eigenvalue weighted by molar-refractivity contribution is -0.134. The van der Waals surface area contributed by atoms with Crippen LogP contribution in [0.2, 0.25) is 0 Å². The van der Waals surface area contributed by atoms with Gasteiger partial charge in [0, 0.05) is 38.8 Å². The van der Waals surface area contributed by atoms with E-state index in [0.29, 0.717) is 87.4 Å². The van der Waals surface area contributed by atoms with Crippen molar-refractivity contribution in [2.24, 2.45) is 0 Å². The van der Waals surface area contributed by atoms with E-state index in [1.54, 1.807) is 0 Å². The first-order chi connectivity index (χ1) is 26.4. The van der Waals surface area contributed by atoms with Gasteiger partial charge < -0.3 is 29.0 Å². The predicted molar refractivity (Wildman–Crippen MR) is 207 cm³/mol. The first kappa shape index (κ1) is 36.9. The molecule has 2 aliphatic heterocycles. The van der Waals surface area contributed by atoms with Crippen molar-refractivity contribution in [1.29, 1.82) is 0 Å². The van der Waals surface area contributed by atoms with E-state index in [2.05, 4.69) is 41.4 Å². The topological polar surface area (TPSA) is 106 Å². The lowest BCUT2D eigenvalue weighted by atomic mass is 9.91. The number of carbonyl (C=O) groups excluding carboxylic acids is 2. The van der Waals surface area contributed by atoms with E-state index in [9.17, 15) is 9.59 Å². The van der Waals surface area contributed by atoms with Gasteiger partial charge in [0.1, 0.15) is 24.7 Å². The number of ether oxygens (including phenoxy) is 3. The molecule has 54 heavy (non-hydrogen) atoms. The summed E-state index contributed by atoms with van der Waals surface area (Å²) in [4.78, 5) is 30.9. The quantitative estimate of drug-likeness (QED) is 0.135. The number of amides is 2. The van der Waals surface area contributed by atoms with Gasteiger partial charge in [0.15, 0.2) is 11.5 Å². The number of benzene rings is 4. The summed E-state index contributed by atoms with van der Waals surface area (Å²) < 4.78 is 24.7. The molecule has 7 rings (SSSR count). The van der Waals surface area contributed by atoms with E-state index in [1.807, 2.05) is 90.7 Å². The summed E-state index contributed by atoms with van der Waals surface area (Å²) in [5.41, 5.74) is 7.54. The summed E-state index contributed by atoms with van der Waals surface area (Å²) in [5, 5.41) is 7.30. The van der Waals surface area contributed by atoms with Crippen LogP contribution in [-0.2, 0) is 35.7 Å². The minimum Gasteiger partial charge on any atom is -0.488 e. The van der Waals surface area contributed by atoms with Crippen LogP contribution in [0.5, 0.6) is 11.5 Å². The van der Waals surface area contributed by atoms with Gasteiger partial charge in [-0.2, -0.15) is 0 Å². The lowest BCUT2D eigenvalue weighted by Crippen LogP contribution is -2.46. The molecule has 1 N–H and O–H groups in total. The maximum Gasteiger partial charge on any atom is 0.274 e. The number of nitrogens with zero attached hydrogens (tertiary/aromatic N) is 3. The third-order valence-corrected chi connectivity index (χ3v) is 10.0. The molecule has 0 spiro atoms. The Morgan fingerprint density at radius 3 is 2.19 bits per heavy atom. The molecule has 5 aromatic rings. The Morgan fingerprint density at radius 1 is 0.833 bits per heavy atom. The largest absolute Gasteiger partial charge is 0.488 e. The Bertz CT molecular complexity index is 2060. The monoisotopic (exact) mass is 728 g/mol. The maximum absolute atomic E-state index is 13.6. The number of hydrogen-bond donors (Lipinski definition) is 1. The maximum atomic E-state index is 13.6. The van der Waals surface area contributed by atoms with Crippen molar-refractivity contribution >= 4 is 11.8 Å². The SMILES string of the molecule is CCNC(=O)c1noc(-c2cc(C(C)C)c(OCc3ccccc3)cc2OCc2ccccc2)c1-c1ccc2c(c1)CCN(C(=O)CN1CCOCC1)C2. The molecule has 2 aliphatic rings. The smallest absolute Gasteiger partial charge is 0.274 e. The minimum atomic E-state index is -0.321. The second kappa shape index (κ2) is 17.1. The molecule has 0 radical (unpaired) electrons. The molecule has 1 fully saturated rings. The average Bonchev–Trinajstić information content (AvgIpc) is 3.65. The number of carbonyl (C=O) groups is 2. The number of morpholine rings is 1. The van der Waals surface area contributed by atoms with Crippen molar-refractivity contribution in [2.75, 3.05) is 45.9 Å². The molecule has 0 saturated carbocycles. The number of fused-ring (bicyclic) bond motifs is 1. The summed E-state index contributed by atoms with van der Waals surface area (Å²) in [6.45, 7) is 11.7. The highest BCUT2D eigenvalue weighted by Crippen LogP contribution is 2.45. The van der Waals surface area contributed by atoms with Crippen molar-refractivity contribution in [3.8, 4) is 33.9 Å². The molecule has 4 aromatic carbocycles. The molecular formula is C44H48N4O6. The van der Waals surface area contributed by atoms with Crippen LogP contribution in [-0.4, -0.2) is 72.7 Å². The Balaban J connectivity index is 1.26. The van der Waals surface area contributed by atoms with Gasteiger partial charge in [-0.05, 0) is 58.7 Å². The molecule has 1 saturated heterocycles. The van der Waals surface area contributed by atoms with Gasteiger partial charge >= 0.3 is 0 Å². The second-order valence-corrected chi connectivity index (χ2v) is 14.1. The van der Waals surface area contributed by atoms with Crippen molar-refractivity contribution in [3.63, 3.8) is 0 Å². The molecule has 2 amide bonds. The molecule has 0 unspecified atom stereocenters. The van der Waals surface area contributed by atoms with E-state index in [1.165, 1.54) is 0 Å². The minimum absolute atomic E-state index is 0.101. The fourth-order valence-electron chi connectivity index (χ4n) is 7.03. The zero-order valence-corrected chi connectivity index (χ0v) is 31.3. The van der Waals surface area contributed by atoms with Crippen molar-refractivity contribution in [3.05, 3.63) is 125 Å². The van der Waals surface area contributed by atoms with Crippen molar-refractivity contribution in [2.45, 2.75) is 52.9 Å². The van der Waals surface area contributed by atoms with E-state index in [4.69, 9.17) is 18.7 Å². The second-order valence-electron chi connectivity index (χ2n) is 14.1. The normalized spacial score (nSPS) is 14.5. The van der Waals surface area contributed by atoms with Crippen LogP contribution in [0.3, 0.4) is 0 Å². The zero-order valence-electron chi connectivity index (χ0n) is 31.3. The van der Waals surface area contributed by atoms with Crippen LogP contribution in [0, 0.1) is 0 Å². The molecule has 0 atom stereocenters. The number of nitrogens with one attached hydrogen (secondary N) is 1. The Hall–Kier alpha value is -5.45. The number of rotatable bonds is 13. The van der Waals surface area contributed by atoms with Crippen molar-refractivity contribution < 1.29 is 28.3 Å². The van der Waals surface area contributed by atoms with Gasteiger partial charge in [-0.25, -0.2) is 0 Å². The molecule has 0 bridgehead atoms. The van der Waals surface area contributed by atoms with Gasteiger partial charge in [-0.3, -0.25) is 14.5 Å². The Kier molecular flexibility index (Phi) is 11.7.